The number of nitrogens with two attached hydrogens (primary N) is 1. The van der Waals surface area contributed by atoms with Gasteiger partial charge < -0.3 is 11.1 Å². The smallest absolute Gasteiger partial charge is 0.0992 e. The number of hydrogen-bond acceptors (Lipinski definition) is 3. The standard InChI is InChI=1S/C14H19N3.2C2H6/c1-10-2-3-11(9-15)8-14(10)17-13-6-4-12(16)5-7-13;2*1-2/h2-3,8,12-13,17H,4-7,16H2,1H3;2*1-2H3. The lowest BCUT2D eigenvalue weighted by molar-refractivity contribution is 0.411. The van der Waals surface area contributed by atoms with Crippen molar-refractivity contribution < 1.29 is 0 Å². The van der Waals surface area contributed by atoms with E-state index in [4.69, 9.17) is 11.0 Å². The molecule has 1 aliphatic rings. The number of nitrogens with zero attached hydrogens (tertiary/aromatic N) is 1. The molecule has 118 valence electrons. The lowest BCUT2D eigenvalue weighted by Gasteiger charge is -2.28. The Morgan fingerprint density at radius 2 is 1.67 bits per heavy atom. The fourth-order valence-corrected chi connectivity index (χ4v) is 2.33. The minimum absolute atomic E-state index is 0.375. The van der Waals surface area contributed by atoms with Crippen LogP contribution in [0.2, 0.25) is 0 Å². The van der Waals surface area contributed by atoms with Gasteiger partial charge in [0.05, 0.1) is 11.6 Å². The molecule has 0 aromatic heterocycles. The summed E-state index contributed by atoms with van der Waals surface area (Å²) < 4.78 is 0. The van der Waals surface area contributed by atoms with Gasteiger partial charge in [-0.25, -0.2) is 0 Å². The first-order valence-electron chi connectivity index (χ1n) is 8.22. The zero-order valence-corrected chi connectivity index (χ0v) is 14.2. The van der Waals surface area contributed by atoms with E-state index in [1.807, 2.05) is 45.9 Å². The van der Waals surface area contributed by atoms with E-state index in [2.05, 4.69) is 18.3 Å². The number of rotatable bonds is 2. The van der Waals surface area contributed by atoms with Crippen LogP contribution in [-0.4, -0.2) is 12.1 Å². The average Bonchev–Trinajstić information content (AvgIpc) is 2.55. The predicted molar refractivity (Wildman–Crippen MR) is 92.4 cm³/mol. The van der Waals surface area contributed by atoms with Crippen molar-refractivity contribution >= 4 is 5.69 Å². The van der Waals surface area contributed by atoms with Gasteiger partial charge in [-0.15, -0.1) is 0 Å². The number of benzene rings is 1. The van der Waals surface area contributed by atoms with Crippen LogP contribution in [0.5, 0.6) is 0 Å². The van der Waals surface area contributed by atoms with Crippen molar-refractivity contribution in [3.05, 3.63) is 29.3 Å². The van der Waals surface area contributed by atoms with Gasteiger partial charge in [-0.3, -0.25) is 0 Å². The maximum Gasteiger partial charge on any atom is 0.0992 e. The molecule has 1 fully saturated rings. The van der Waals surface area contributed by atoms with E-state index in [1.165, 1.54) is 5.56 Å². The van der Waals surface area contributed by atoms with Crippen molar-refractivity contribution in [3.8, 4) is 6.07 Å². The van der Waals surface area contributed by atoms with Crippen molar-refractivity contribution in [2.24, 2.45) is 5.73 Å². The first-order chi connectivity index (χ1) is 10.2. The Labute approximate surface area is 130 Å². The molecule has 0 saturated heterocycles. The summed E-state index contributed by atoms with van der Waals surface area (Å²) in [6, 6.07) is 8.84. The first kappa shape index (κ1) is 19.5. The average molecular weight is 289 g/mol. The maximum absolute atomic E-state index is 8.90. The van der Waals surface area contributed by atoms with Crippen molar-refractivity contribution in [2.75, 3.05) is 5.32 Å². The fraction of sp³-hybridized carbons (Fsp3) is 0.611. The largest absolute Gasteiger partial charge is 0.382 e. The summed E-state index contributed by atoms with van der Waals surface area (Å²) in [5, 5.41) is 12.4. The molecule has 1 aromatic rings. The molecular weight excluding hydrogens is 258 g/mol. The molecule has 1 saturated carbocycles. The third-order valence-corrected chi connectivity index (χ3v) is 3.50. The van der Waals surface area contributed by atoms with E-state index in [1.54, 1.807) is 0 Å². The zero-order chi connectivity index (χ0) is 16.3. The molecule has 0 heterocycles. The molecule has 21 heavy (non-hydrogen) atoms. The van der Waals surface area contributed by atoms with Crippen molar-refractivity contribution in [1.82, 2.24) is 0 Å². The summed E-state index contributed by atoms with van der Waals surface area (Å²) in [6.45, 7) is 10.1. The minimum atomic E-state index is 0.375. The number of nitrogens with one attached hydrogen (secondary N) is 1. The van der Waals surface area contributed by atoms with Gasteiger partial charge in [0, 0.05) is 17.8 Å². The molecule has 3 N–H and O–H groups in total. The SMILES string of the molecule is CC.CC.Cc1ccc(C#N)cc1NC1CCC(N)CC1. The summed E-state index contributed by atoms with van der Waals surface area (Å²) in [7, 11) is 0. The van der Waals surface area contributed by atoms with Crippen LogP contribution in [0, 0.1) is 18.3 Å². The van der Waals surface area contributed by atoms with Gasteiger partial charge in [0.15, 0.2) is 0 Å². The van der Waals surface area contributed by atoms with Crippen LogP contribution >= 0.6 is 0 Å². The molecule has 2 rings (SSSR count). The van der Waals surface area contributed by atoms with Crippen molar-refractivity contribution in [3.63, 3.8) is 0 Å². The Kier molecular flexibility index (Phi) is 10.4. The van der Waals surface area contributed by atoms with E-state index in [0.29, 0.717) is 17.6 Å². The molecule has 0 amide bonds. The number of nitriles is 1. The molecule has 0 bridgehead atoms. The molecule has 3 nitrogen and oxygen atoms in total. The molecular formula is C18H31N3. The lowest BCUT2D eigenvalue weighted by Crippen LogP contribution is -2.32. The summed E-state index contributed by atoms with van der Waals surface area (Å²) in [5.74, 6) is 0. The molecule has 0 aliphatic heterocycles. The van der Waals surface area contributed by atoms with E-state index in [9.17, 15) is 0 Å². The minimum Gasteiger partial charge on any atom is -0.382 e. The Morgan fingerprint density at radius 3 is 2.19 bits per heavy atom. The molecule has 0 atom stereocenters. The topological polar surface area (TPSA) is 61.8 Å². The molecule has 0 spiro atoms. The van der Waals surface area contributed by atoms with Gasteiger partial charge in [-0.1, -0.05) is 33.8 Å². The Morgan fingerprint density at radius 1 is 1.10 bits per heavy atom. The maximum atomic E-state index is 8.90. The highest BCUT2D eigenvalue weighted by Crippen LogP contribution is 2.23. The highest BCUT2D eigenvalue weighted by molar-refractivity contribution is 5.55. The Hall–Kier alpha value is -1.53. The van der Waals surface area contributed by atoms with Gasteiger partial charge in [0.1, 0.15) is 0 Å². The predicted octanol–water partition coefficient (Wildman–Crippen LogP) is 4.60. The van der Waals surface area contributed by atoms with Gasteiger partial charge in [-0.05, 0) is 50.3 Å². The van der Waals surface area contributed by atoms with Crippen LogP contribution in [0.25, 0.3) is 0 Å². The zero-order valence-electron chi connectivity index (χ0n) is 14.2. The van der Waals surface area contributed by atoms with E-state index >= 15 is 0 Å². The van der Waals surface area contributed by atoms with E-state index < -0.39 is 0 Å². The number of hydrogen-bond donors (Lipinski definition) is 2. The third kappa shape index (κ3) is 6.64. The number of anilines is 1. The quantitative estimate of drug-likeness (QED) is 0.836. The van der Waals surface area contributed by atoms with E-state index in [0.717, 1.165) is 31.4 Å². The van der Waals surface area contributed by atoms with Gasteiger partial charge in [0.2, 0.25) is 0 Å². The lowest BCUT2D eigenvalue weighted by atomic mass is 9.91. The molecule has 3 heteroatoms. The van der Waals surface area contributed by atoms with Crippen LogP contribution in [0.4, 0.5) is 5.69 Å². The second kappa shape index (κ2) is 11.2. The number of aryl methyl sites for hydroxylation is 1. The fourth-order valence-electron chi connectivity index (χ4n) is 2.33. The highest BCUT2D eigenvalue weighted by atomic mass is 14.9. The molecule has 0 unspecified atom stereocenters. The van der Waals surface area contributed by atoms with Crippen molar-refractivity contribution in [2.45, 2.75) is 72.4 Å². The molecule has 0 radical (unpaired) electrons. The van der Waals surface area contributed by atoms with Crippen molar-refractivity contribution in [1.29, 1.82) is 5.26 Å². The van der Waals surface area contributed by atoms with Crippen LogP contribution in [-0.2, 0) is 0 Å². The van der Waals surface area contributed by atoms with Gasteiger partial charge >= 0.3 is 0 Å². The Balaban J connectivity index is 0.000000921. The highest BCUT2D eigenvalue weighted by Gasteiger charge is 2.18. The van der Waals surface area contributed by atoms with Crippen LogP contribution in [0.15, 0.2) is 18.2 Å². The van der Waals surface area contributed by atoms with Crippen LogP contribution in [0.3, 0.4) is 0 Å². The molecule has 1 aromatic carbocycles. The van der Waals surface area contributed by atoms with E-state index in [-0.39, 0.29) is 0 Å². The van der Waals surface area contributed by atoms with Gasteiger partial charge in [-0.2, -0.15) is 5.26 Å². The second-order valence-corrected chi connectivity index (χ2v) is 4.90. The third-order valence-electron chi connectivity index (χ3n) is 3.50. The first-order valence-corrected chi connectivity index (χ1v) is 8.22. The van der Waals surface area contributed by atoms with Crippen LogP contribution < -0.4 is 11.1 Å². The monoisotopic (exact) mass is 289 g/mol. The van der Waals surface area contributed by atoms with Gasteiger partial charge in [0.25, 0.3) is 0 Å². The second-order valence-electron chi connectivity index (χ2n) is 4.90. The molecule has 1 aliphatic carbocycles. The summed E-state index contributed by atoms with van der Waals surface area (Å²) in [6.07, 6.45) is 4.43. The Bertz CT molecular complexity index is 427. The summed E-state index contributed by atoms with van der Waals surface area (Å²) >= 11 is 0. The van der Waals surface area contributed by atoms with Crippen LogP contribution in [0.1, 0.15) is 64.5 Å². The normalized spacial score (nSPS) is 20.0. The summed E-state index contributed by atoms with van der Waals surface area (Å²) in [5.41, 5.74) is 8.89. The summed E-state index contributed by atoms with van der Waals surface area (Å²) in [4.78, 5) is 0.